The highest BCUT2D eigenvalue weighted by Crippen LogP contribution is 2.41. The van der Waals surface area contributed by atoms with Gasteiger partial charge in [0.2, 0.25) is 5.88 Å². The van der Waals surface area contributed by atoms with E-state index in [1.807, 2.05) is 36.4 Å². The number of rotatable bonds is 5. The summed E-state index contributed by atoms with van der Waals surface area (Å²) in [6, 6.07) is 17.7. The number of pyridine rings is 1. The number of phenols is 1. The van der Waals surface area contributed by atoms with E-state index in [4.69, 9.17) is 9.47 Å². The molecule has 1 saturated heterocycles. The van der Waals surface area contributed by atoms with Crippen molar-refractivity contribution in [2.45, 2.75) is 31.6 Å². The van der Waals surface area contributed by atoms with Gasteiger partial charge in [0, 0.05) is 30.3 Å². The topological polar surface area (TPSA) is 54.8 Å². The number of allylic oxidation sites excluding steroid dienone is 1. The number of aromatic nitrogens is 1. The van der Waals surface area contributed by atoms with Gasteiger partial charge >= 0.3 is 0 Å². The monoisotopic (exact) mass is 442 g/mol. The summed E-state index contributed by atoms with van der Waals surface area (Å²) in [5.74, 6) is 3.18. The number of aromatic hydroxyl groups is 1. The van der Waals surface area contributed by atoms with Crippen LogP contribution < -0.4 is 9.47 Å². The molecule has 33 heavy (non-hydrogen) atoms. The van der Waals surface area contributed by atoms with E-state index in [0.717, 1.165) is 73.5 Å². The molecule has 0 bridgehead atoms. The molecule has 0 saturated carbocycles. The lowest BCUT2D eigenvalue weighted by atomic mass is 9.89. The highest BCUT2D eigenvalue weighted by atomic mass is 16.5. The Bertz CT molecular complexity index is 1150. The average Bonchev–Trinajstić information content (AvgIpc) is 3.01. The van der Waals surface area contributed by atoms with Crippen molar-refractivity contribution < 1.29 is 14.6 Å². The number of likely N-dealkylation sites (tertiary alicyclic amines) is 1. The Morgan fingerprint density at radius 3 is 2.76 bits per heavy atom. The molecule has 3 heterocycles. The van der Waals surface area contributed by atoms with Crippen LogP contribution in [0.2, 0.25) is 0 Å². The molecular weight excluding hydrogens is 412 g/mol. The van der Waals surface area contributed by atoms with Crippen LogP contribution in [-0.2, 0) is 6.42 Å². The van der Waals surface area contributed by atoms with Gasteiger partial charge in [0.25, 0.3) is 0 Å². The van der Waals surface area contributed by atoms with Crippen LogP contribution in [0.5, 0.6) is 23.1 Å². The molecule has 5 heteroatoms. The summed E-state index contributed by atoms with van der Waals surface area (Å²) in [5, 5.41) is 10.2. The predicted octanol–water partition coefficient (Wildman–Crippen LogP) is 5.80. The van der Waals surface area contributed by atoms with Crippen molar-refractivity contribution in [3.8, 4) is 23.1 Å². The fourth-order valence-corrected chi connectivity index (χ4v) is 5.02. The van der Waals surface area contributed by atoms with Gasteiger partial charge in [-0.25, -0.2) is 4.98 Å². The zero-order valence-electron chi connectivity index (χ0n) is 19.0. The van der Waals surface area contributed by atoms with Crippen LogP contribution in [-0.4, -0.2) is 41.7 Å². The van der Waals surface area contributed by atoms with E-state index in [2.05, 4.69) is 28.1 Å². The molecule has 2 aliphatic heterocycles. The van der Waals surface area contributed by atoms with Crippen LogP contribution in [0.4, 0.5) is 0 Å². The zero-order chi connectivity index (χ0) is 22.6. The van der Waals surface area contributed by atoms with Gasteiger partial charge in [-0.3, -0.25) is 0 Å². The normalized spacial score (nSPS) is 17.7. The molecule has 0 spiro atoms. The second kappa shape index (κ2) is 9.67. The van der Waals surface area contributed by atoms with Crippen LogP contribution in [0.15, 0.2) is 66.9 Å². The molecule has 2 aromatic carbocycles. The maximum atomic E-state index is 10.2. The third-order valence-electron chi connectivity index (χ3n) is 6.80. The van der Waals surface area contributed by atoms with E-state index < -0.39 is 0 Å². The summed E-state index contributed by atoms with van der Waals surface area (Å²) in [5.41, 5.74) is 4.43. The minimum atomic E-state index is 0.430. The Morgan fingerprint density at radius 2 is 1.94 bits per heavy atom. The molecule has 0 aliphatic carbocycles. The number of nitrogens with zero attached hydrogens (tertiary/aromatic N) is 2. The van der Waals surface area contributed by atoms with E-state index in [1.54, 1.807) is 19.4 Å². The number of fused-ring (bicyclic) bond motifs is 2. The Labute approximate surface area is 195 Å². The molecule has 0 amide bonds. The van der Waals surface area contributed by atoms with Crippen LogP contribution in [0.1, 0.15) is 41.9 Å². The minimum Gasteiger partial charge on any atom is -0.508 e. The van der Waals surface area contributed by atoms with Gasteiger partial charge in [0.15, 0.2) is 0 Å². The highest BCUT2D eigenvalue weighted by Gasteiger charge is 2.24. The lowest BCUT2D eigenvalue weighted by Gasteiger charge is -2.32. The van der Waals surface area contributed by atoms with E-state index in [1.165, 1.54) is 5.57 Å². The summed E-state index contributed by atoms with van der Waals surface area (Å²) >= 11 is 0. The van der Waals surface area contributed by atoms with Gasteiger partial charge in [-0.15, -0.1) is 0 Å². The third kappa shape index (κ3) is 4.60. The van der Waals surface area contributed by atoms with E-state index >= 15 is 0 Å². The number of phenolic OH excluding ortho intramolecular Hbond substituents is 1. The Kier molecular flexibility index (Phi) is 6.31. The van der Waals surface area contributed by atoms with Gasteiger partial charge in [0.1, 0.15) is 17.2 Å². The fourth-order valence-electron chi connectivity index (χ4n) is 5.02. The van der Waals surface area contributed by atoms with Crippen molar-refractivity contribution in [1.82, 2.24) is 9.88 Å². The smallest absolute Gasteiger partial charge is 0.226 e. The second-order valence-corrected chi connectivity index (χ2v) is 8.76. The lowest BCUT2D eigenvalue weighted by Crippen LogP contribution is -2.33. The molecular formula is C28H30N2O3. The average molecular weight is 443 g/mol. The van der Waals surface area contributed by atoms with E-state index in [-0.39, 0.29) is 0 Å². The van der Waals surface area contributed by atoms with Crippen molar-refractivity contribution in [2.24, 2.45) is 0 Å². The SMILES string of the molecule is COc1cccc2c1CC(=CCCN1CCC(c3ccccc3O)CC1)c1cccnc1O2. The molecule has 1 N–H and O–H groups in total. The number of hydrogen-bond donors (Lipinski definition) is 1. The van der Waals surface area contributed by atoms with E-state index in [9.17, 15) is 5.11 Å². The van der Waals surface area contributed by atoms with Crippen molar-refractivity contribution in [1.29, 1.82) is 0 Å². The summed E-state index contributed by atoms with van der Waals surface area (Å²) in [6.07, 6.45) is 8.00. The summed E-state index contributed by atoms with van der Waals surface area (Å²) in [7, 11) is 1.70. The van der Waals surface area contributed by atoms with Gasteiger partial charge in [-0.2, -0.15) is 0 Å². The number of ether oxygens (including phenoxy) is 2. The molecule has 2 aliphatic rings. The molecule has 5 nitrogen and oxygen atoms in total. The predicted molar refractivity (Wildman–Crippen MR) is 130 cm³/mol. The summed E-state index contributed by atoms with van der Waals surface area (Å²) in [4.78, 5) is 7.02. The van der Waals surface area contributed by atoms with Crippen LogP contribution in [0.3, 0.4) is 0 Å². The molecule has 0 unspecified atom stereocenters. The van der Waals surface area contributed by atoms with Gasteiger partial charge in [-0.05, 0) is 79.7 Å². The first-order valence-electron chi connectivity index (χ1n) is 11.7. The second-order valence-electron chi connectivity index (χ2n) is 8.76. The van der Waals surface area contributed by atoms with Gasteiger partial charge < -0.3 is 19.5 Å². The van der Waals surface area contributed by atoms with Crippen LogP contribution in [0, 0.1) is 0 Å². The lowest BCUT2D eigenvalue weighted by molar-refractivity contribution is 0.214. The highest BCUT2D eigenvalue weighted by molar-refractivity contribution is 5.74. The van der Waals surface area contributed by atoms with Crippen LogP contribution >= 0.6 is 0 Å². The Morgan fingerprint density at radius 1 is 1.09 bits per heavy atom. The Hall–Kier alpha value is -3.31. The number of para-hydroxylation sites is 1. The minimum absolute atomic E-state index is 0.430. The first-order chi connectivity index (χ1) is 16.2. The molecule has 0 atom stereocenters. The first-order valence-corrected chi connectivity index (χ1v) is 11.7. The Balaban J connectivity index is 1.28. The maximum Gasteiger partial charge on any atom is 0.226 e. The van der Waals surface area contributed by atoms with Crippen molar-refractivity contribution >= 4 is 5.57 Å². The molecule has 170 valence electrons. The van der Waals surface area contributed by atoms with Gasteiger partial charge in [-0.1, -0.05) is 30.3 Å². The molecule has 3 aromatic rings. The standard InChI is InChI=1S/C28H30N2O3/c1-32-26-11-4-12-27-24(26)19-21(23-9-5-15-29-28(23)33-27)7-6-16-30-17-13-20(14-18-30)22-8-2-3-10-25(22)31/h2-5,7-12,15,20,31H,6,13-14,16-19H2,1H3. The quantitative estimate of drug-likeness (QED) is 0.541. The van der Waals surface area contributed by atoms with Crippen molar-refractivity contribution in [3.05, 3.63) is 83.6 Å². The number of benzene rings is 2. The largest absolute Gasteiger partial charge is 0.508 e. The summed E-state index contributed by atoms with van der Waals surface area (Å²) in [6.45, 7) is 3.13. The van der Waals surface area contributed by atoms with Crippen LogP contribution in [0.25, 0.3) is 5.57 Å². The van der Waals surface area contributed by atoms with Crippen molar-refractivity contribution in [3.63, 3.8) is 0 Å². The first kappa shape index (κ1) is 21.5. The molecule has 1 aromatic heterocycles. The maximum absolute atomic E-state index is 10.2. The zero-order valence-corrected chi connectivity index (χ0v) is 19.0. The van der Waals surface area contributed by atoms with Gasteiger partial charge in [0.05, 0.1) is 7.11 Å². The molecule has 1 fully saturated rings. The number of methoxy groups -OCH3 is 1. The fraction of sp³-hybridized carbons (Fsp3) is 0.321. The third-order valence-corrected chi connectivity index (χ3v) is 6.80. The van der Waals surface area contributed by atoms with Crippen molar-refractivity contribution in [2.75, 3.05) is 26.7 Å². The summed E-state index contributed by atoms with van der Waals surface area (Å²) < 4.78 is 11.8. The van der Waals surface area contributed by atoms with E-state index in [0.29, 0.717) is 17.5 Å². The number of hydrogen-bond acceptors (Lipinski definition) is 5. The number of piperidine rings is 1. The molecule has 5 rings (SSSR count). The molecule has 0 radical (unpaired) electrons.